The summed E-state index contributed by atoms with van der Waals surface area (Å²) in [5.74, 6) is -1.83. The Kier molecular flexibility index (Phi) is 3.16. The minimum Gasteiger partial charge on any atom is -0.481 e. The maximum absolute atomic E-state index is 11.7. The predicted molar refractivity (Wildman–Crippen MR) is 63.3 cm³/mol. The molecule has 7 nitrogen and oxygen atoms in total. The summed E-state index contributed by atoms with van der Waals surface area (Å²) in [6.07, 6.45) is 0.0213. The first-order valence-electron chi connectivity index (χ1n) is 5.30. The first kappa shape index (κ1) is 11.9. The van der Waals surface area contributed by atoms with Gasteiger partial charge in [-0.25, -0.2) is 0 Å². The molecule has 1 unspecified atom stereocenters. The summed E-state index contributed by atoms with van der Waals surface area (Å²) >= 11 is 0. The molecular formula is C11H10N4O3. The molecule has 2 rings (SSSR count). The third-order valence-corrected chi connectivity index (χ3v) is 2.80. The molecule has 0 aliphatic carbocycles. The summed E-state index contributed by atoms with van der Waals surface area (Å²) in [7, 11) is 0. The van der Waals surface area contributed by atoms with Crippen LogP contribution in [0.1, 0.15) is 6.42 Å². The van der Waals surface area contributed by atoms with E-state index in [9.17, 15) is 9.59 Å². The van der Waals surface area contributed by atoms with Crippen molar-refractivity contribution in [1.82, 2.24) is 0 Å². The van der Waals surface area contributed by atoms with E-state index >= 15 is 0 Å². The molecular weight excluding hydrogens is 236 g/mol. The molecule has 1 fully saturated rings. The number of hydrogen-bond acceptors (Lipinski definition) is 3. The lowest BCUT2D eigenvalue weighted by Gasteiger charge is -2.15. The van der Waals surface area contributed by atoms with Gasteiger partial charge in [-0.15, -0.1) is 0 Å². The number of carbonyl (C=O) groups is 2. The zero-order valence-corrected chi connectivity index (χ0v) is 9.35. The van der Waals surface area contributed by atoms with Gasteiger partial charge in [0.1, 0.15) is 0 Å². The van der Waals surface area contributed by atoms with Crippen LogP contribution in [0.15, 0.2) is 29.4 Å². The van der Waals surface area contributed by atoms with Crippen molar-refractivity contribution in [3.8, 4) is 0 Å². The van der Waals surface area contributed by atoms with Crippen LogP contribution in [0, 0.1) is 5.92 Å². The zero-order valence-electron chi connectivity index (χ0n) is 9.35. The van der Waals surface area contributed by atoms with Crippen molar-refractivity contribution in [2.24, 2.45) is 11.0 Å². The standard InChI is InChI=1S/C11H10N4O3/c12-14-13-8-1-3-9(4-2-8)15-6-7(11(17)18)5-10(15)16/h1-4,7H,5-6H2,(H,17,18). The lowest BCUT2D eigenvalue weighted by atomic mass is 10.1. The third-order valence-electron chi connectivity index (χ3n) is 2.80. The molecule has 0 radical (unpaired) electrons. The number of azide groups is 1. The van der Waals surface area contributed by atoms with Gasteiger partial charge in [0.05, 0.1) is 5.92 Å². The molecule has 1 amide bonds. The quantitative estimate of drug-likeness (QED) is 0.501. The van der Waals surface area contributed by atoms with Crippen molar-refractivity contribution >= 4 is 23.3 Å². The highest BCUT2D eigenvalue weighted by Gasteiger charge is 2.34. The van der Waals surface area contributed by atoms with Crippen molar-refractivity contribution in [1.29, 1.82) is 0 Å². The van der Waals surface area contributed by atoms with Gasteiger partial charge in [0.2, 0.25) is 5.91 Å². The highest BCUT2D eigenvalue weighted by molar-refractivity contribution is 5.99. The van der Waals surface area contributed by atoms with Gasteiger partial charge in [0, 0.05) is 29.3 Å². The number of carbonyl (C=O) groups excluding carboxylic acids is 1. The predicted octanol–water partition coefficient (Wildman–Crippen LogP) is 2.07. The Morgan fingerprint density at radius 3 is 2.61 bits per heavy atom. The van der Waals surface area contributed by atoms with Crippen LogP contribution >= 0.6 is 0 Å². The fraction of sp³-hybridized carbons (Fsp3) is 0.273. The number of hydrogen-bond donors (Lipinski definition) is 1. The van der Waals surface area contributed by atoms with Crippen LogP contribution in [0.5, 0.6) is 0 Å². The summed E-state index contributed by atoms with van der Waals surface area (Å²) in [6, 6.07) is 6.42. The van der Waals surface area contributed by atoms with E-state index in [-0.39, 0.29) is 18.9 Å². The van der Waals surface area contributed by atoms with E-state index in [1.165, 1.54) is 4.90 Å². The van der Waals surface area contributed by atoms with E-state index in [0.717, 1.165) is 0 Å². The number of carboxylic acids is 1. The van der Waals surface area contributed by atoms with Crippen LogP contribution < -0.4 is 4.90 Å². The van der Waals surface area contributed by atoms with Gasteiger partial charge in [-0.05, 0) is 17.7 Å². The molecule has 7 heteroatoms. The number of carboxylic acid groups (broad SMARTS) is 1. The second kappa shape index (κ2) is 4.77. The maximum atomic E-state index is 11.7. The van der Waals surface area contributed by atoms with Crippen LogP contribution in [0.3, 0.4) is 0 Å². The summed E-state index contributed by atoms with van der Waals surface area (Å²) in [5, 5.41) is 12.3. The molecule has 0 saturated carbocycles. The van der Waals surface area contributed by atoms with Gasteiger partial charge in [-0.1, -0.05) is 17.2 Å². The molecule has 1 atom stereocenters. The molecule has 0 aromatic heterocycles. The van der Waals surface area contributed by atoms with Gasteiger partial charge >= 0.3 is 5.97 Å². The van der Waals surface area contributed by atoms with Crippen LogP contribution in [0.25, 0.3) is 10.4 Å². The number of amides is 1. The average molecular weight is 246 g/mol. The van der Waals surface area contributed by atoms with Crippen molar-refractivity contribution in [3.63, 3.8) is 0 Å². The number of anilines is 1. The van der Waals surface area contributed by atoms with Crippen molar-refractivity contribution in [2.45, 2.75) is 6.42 Å². The van der Waals surface area contributed by atoms with Gasteiger partial charge in [0.15, 0.2) is 0 Å². The smallest absolute Gasteiger partial charge is 0.308 e. The Morgan fingerprint density at radius 1 is 1.44 bits per heavy atom. The number of nitrogens with zero attached hydrogens (tertiary/aromatic N) is 4. The minimum absolute atomic E-state index is 0.0213. The number of aliphatic carboxylic acids is 1. The Balaban J connectivity index is 2.19. The van der Waals surface area contributed by atoms with E-state index in [0.29, 0.717) is 11.4 Å². The maximum Gasteiger partial charge on any atom is 0.308 e. The molecule has 1 aliphatic heterocycles. The van der Waals surface area contributed by atoms with Gasteiger partial charge in [-0.3, -0.25) is 9.59 Å². The Labute approximate surface area is 102 Å². The second-order valence-corrected chi connectivity index (χ2v) is 3.95. The van der Waals surface area contributed by atoms with Crippen LogP contribution in [-0.2, 0) is 9.59 Å². The molecule has 1 aliphatic rings. The highest BCUT2D eigenvalue weighted by atomic mass is 16.4. The van der Waals surface area contributed by atoms with Gasteiger partial charge in [-0.2, -0.15) is 0 Å². The number of benzene rings is 1. The normalized spacial score (nSPS) is 18.6. The van der Waals surface area contributed by atoms with E-state index in [2.05, 4.69) is 10.0 Å². The Bertz CT molecular complexity index is 534. The molecule has 1 saturated heterocycles. The summed E-state index contributed by atoms with van der Waals surface area (Å²) in [6.45, 7) is 0.176. The van der Waals surface area contributed by atoms with Gasteiger partial charge in [0.25, 0.3) is 0 Å². The topological polar surface area (TPSA) is 106 Å². The Morgan fingerprint density at radius 2 is 2.11 bits per heavy atom. The second-order valence-electron chi connectivity index (χ2n) is 3.95. The summed E-state index contributed by atoms with van der Waals surface area (Å²) < 4.78 is 0. The molecule has 92 valence electrons. The molecule has 1 heterocycles. The molecule has 18 heavy (non-hydrogen) atoms. The fourth-order valence-electron chi connectivity index (χ4n) is 1.87. The van der Waals surface area contributed by atoms with Gasteiger partial charge < -0.3 is 10.0 Å². The first-order valence-corrected chi connectivity index (χ1v) is 5.30. The third kappa shape index (κ3) is 2.26. The van der Waals surface area contributed by atoms with Crippen molar-refractivity contribution in [2.75, 3.05) is 11.4 Å². The van der Waals surface area contributed by atoms with E-state index in [4.69, 9.17) is 10.6 Å². The highest BCUT2D eigenvalue weighted by Crippen LogP contribution is 2.26. The van der Waals surface area contributed by atoms with E-state index < -0.39 is 11.9 Å². The summed E-state index contributed by atoms with van der Waals surface area (Å²) in [4.78, 5) is 26.6. The molecule has 0 bridgehead atoms. The van der Waals surface area contributed by atoms with Crippen molar-refractivity contribution < 1.29 is 14.7 Å². The average Bonchev–Trinajstić information content (AvgIpc) is 2.73. The fourth-order valence-corrected chi connectivity index (χ4v) is 1.87. The molecule has 0 spiro atoms. The Hall–Kier alpha value is -2.53. The molecule has 1 N–H and O–H groups in total. The van der Waals surface area contributed by atoms with Crippen molar-refractivity contribution in [3.05, 3.63) is 34.7 Å². The zero-order chi connectivity index (χ0) is 13.1. The largest absolute Gasteiger partial charge is 0.481 e. The first-order chi connectivity index (χ1) is 8.61. The lowest BCUT2D eigenvalue weighted by Crippen LogP contribution is -2.25. The minimum atomic E-state index is -0.962. The molecule has 1 aromatic rings. The van der Waals surface area contributed by atoms with E-state index in [1.54, 1.807) is 24.3 Å². The lowest BCUT2D eigenvalue weighted by molar-refractivity contribution is -0.141. The summed E-state index contributed by atoms with van der Waals surface area (Å²) in [5.41, 5.74) is 9.33. The molecule has 1 aromatic carbocycles. The SMILES string of the molecule is [N-]=[N+]=Nc1ccc(N2CC(C(=O)O)CC2=O)cc1. The monoisotopic (exact) mass is 246 g/mol. The van der Waals surface area contributed by atoms with Crippen LogP contribution in [-0.4, -0.2) is 23.5 Å². The van der Waals surface area contributed by atoms with Crippen LogP contribution in [0.4, 0.5) is 11.4 Å². The van der Waals surface area contributed by atoms with Crippen LogP contribution in [0.2, 0.25) is 0 Å². The number of rotatable bonds is 3. The van der Waals surface area contributed by atoms with E-state index in [1.807, 2.05) is 0 Å².